The summed E-state index contributed by atoms with van der Waals surface area (Å²) in [6, 6.07) is 0. The molecule has 3 heteroatoms. The van der Waals surface area contributed by atoms with Crippen molar-refractivity contribution in [3.63, 3.8) is 0 Å². The largest absolute Gasteiger partial charge is 2.00 e. The zero-order chi connectivity index (χ0) is 4.71. The van der Waals surface area contributed by atoms with Gasteiger partial charge in [-0.05, 0) is 0 Å². The molecule has 2 nitrogen and oxygen atoms in total. The van der Waals surface area contributed by atoms with E-state index in [0.717, 1.165) is 0 Å². The predicted octanol–water partition coefficient (Wildman–Crippen LogP) is 1.29. The van der Waals surface area contributed by atoms with Crippen LogP contribution >= 0.6 is 0 Å². The molecule has 0 unspecified atom stereocenters. The molecule has 0 aliphatic carbocycles. The molecule has 42 valence electrons. The van der Waals surface area contributed by atoms with Gasteiger partial charge in [-0.2, -0.15) is 21.1 Å². The van der Waals surface area contributed by atoms with Gasteiger partial charge in [0.2, 0.25) is 0 Å². The Morgan fingerprint density at radius 1 is 1.17 bits per heavy atom. The third-order valence-electron chi connectivity index (χ3n) is 0. The number of nitrogens with zero attached hydrogens (tertiary/aromatic N) is 1. The van der Waals surface area contributed by atoms with Crippen LogP contribution in [0.15, 0.2) is 0 Å². The van der Waals surface area contributed by atoms with E-state index < -0.39 is 0 Å². The van der Waals surface area contributed by atoms with Crippen LogP contribution in [0.4, 0.5) is 0 Å². The van der Waals surface area contributed by atoms with Gasteiger partial charge in [-0.1, -0.05) is 0 Å². The van der Waals surface area contributed by atoms with Gasteiger partial charge in [0, 0.05) is 0 Å². The Labute approximate surface area is 53.8 Å². The summed E-state index contributed by atoms with van der Waals surface area (Å²) in [4.78, 5) is 0. The first-order chi connectivity index (χ1) is 2.41. The molecule has 0 aliphatic heterocycles. The van der Waals surface area contributed by atoms with Crippen LogP contribution in [-0.4, -0.2) is 21.1 Å². The number of rotatable bonds is 0. The molecule has 0 aromatic rings. The molecule has 0 amide bonds. The van der Waals surface area contributed by atoms with Crippen molar-refractivity contribution in [1.29, 1.82) is 0 Å². The molecule has 0 rings (SSSR count). The topological polar surface area (TPSA) is 37.9 Å². The van der Waals surface area contributed by atoms with Crippen molar-refractivity contribution in [1.82, 2.24) is 0 Å². The molecule has 0 atom stereocenters. The summed E-state index contributed by atoms with van der Waals surface area (Å²) in [5.74, 6) is 0. The van der Waals surface area contributed by atoms with Crippen molar-refractivity contribution in [3.05, 3.63) is 11.1 Å². The first kappa shape index (κ1) is 16.0. The van der Waals surface area contributed by atoms with Crippen molar-refractivity contribution < 1.29 is 21.1 Å². The zero-order valence-corrected chi connectivity index (χ0v) is 6.54. The molecule has 0 radical (unpaired) electrons. The smallest absolute Gasteiger partial charge is 0.680 e. The number of hydrogen-bond acceptors (Lipinski definition) is 0. The minimum absolute atomic E-state index is 0. The minimum atomic E-state index is 0. The van der Waals surface area contributed by atoms with Crippen molar-refractivity contribution in [3.8, 4) is 0 Å². The summed E-state index contributed by atoms with van der Waals surface area (Å²) in [7, 11) is 4.75. The molecule has 6 heavy (non-hydrogen) atoms. The molecular weight excluding hydrogens is 259 g/mol. The van der Waals surface area contributed by atoms with Crippen molar-refractivity contribution in [2.45, 2.75) is 0 Å². The second kappa shape index (κ2) is 46.0. The summed E-state index contributed by atoms with van der Waals surface area (Å²) >= 11 is 0. The van der Waals surface area contributed by atoms with Gasteiger partial charge < -0.3 is 11.1 Å². The Bertz CT molecular complexity index is 8.75. The zero-order valence-electron chi connectivity index (χ0n) is 4.26. The first-order valence-electron chi connectivity index (χ1n) is 1.39. The monoisotopic (exact) mass is 269 g/mol. The Morgan fingerprint density at radius 3 is 1.17 bits per heavy atom. The van der Waals surface area contributed by atoms with E-state index in [0.29, 0.717) is 0 Å². The molecule has 0 aromatic carbocycles. The average Bonchev–Trinajstić information content (AvgIpc) is 1.46. The van der Waals surface area contributed by atoms with Gasteiger partial charge in [-0.25, -0.2) is 0 Å². The van der Waals surface area contributed by atoms with Gasteiger partial charge in [-0.15, -0.1) is 0 Å². The average molecular weight is 269 g/mol. The third-order valence-corrected chi connectivity index (χ3v) is 0. The van der Waals surface area contributed by atoms with E-state index in [1.165, 1.54) is 7.05 Å². The summed E-state index contributed by atoms with van der Waals surface area (Å²) in [6.45, 7) is 0. The number of nitrogens with one attached hydrogen (secondary N) is 1. The van der Waals surface area contributed by atoms with Crippen LogP contribution in [0, 0.1) is 0 Å². The summed E-state index contributed by atoms with van der Waals surface area (Å²) in [5, 5.41) is 3.50. The molecule has 0 aromatic heterocycles. The Kier molecular flexibility index (Phi) is 123. The second-order valence-corrected chi connectivity index (χ2v) is 0.447. The van der Waals surface area contributed by atoms with Gasteiger partial charge in [0.15, 0.2) is 0 Å². The molecule has 0 bridgehead atoms. The van der Waals surface area contributed by atoms with Crippen molar-refractivity contribution >= 4 is 0 Å². The quantitative estimate of drug-likeness (QED) is 0.635. The van der Waals surface area contributed by atoms with Crippen LogP contribution in [0.1, 0.15) is 0 Å². The van der Waals surface area contributed by atoms with Gasteiger partial charge in [-0.3, -0.25) is 0 Å². The van der Waals surface area contributed by atoms with Crippen LogP contribution in [0.2, 0.25) is 0 Å². The van der Waals surface area contributed by atoms with Gasteiger partial charge in [0.1, 0.15) is 0 Å². The maximum absolute atomic E-state index is 5.75. The SMILES string of the molecule is C[N-]C.C[NH-].[Pt+2]. The van der Waals surface area contributed by atoms with Crippen molar-refractivity contribution in [2.24, 2.45) is 0 Å². The molecule has 0 saturated carbocycles. The van der Waals surface area contributed by atoms with Crippen LogP contribution in [-0.2, 0) is 21.1 Å². The maximum atomic E-state index is 5.75. The van der Waals surface area contributed by atoms with Gasteiger partial charge in [0.05, 0.1) is 0 Å². The van der Waals surface area contributed by atoms with Gasteiger partial charge >= 0.3 is 21.1 Å². The van der Waals surface area contributed by atoms with Crippen molar-refractivity contribution in [2.75, 3.05) is 21.1 Å². The predicted molar refractivity (Wildman–Crippen MR) is 25.5 cm³/mol. The third kappa shape index (κ3) is 162. The molecule has 1 N–H and O–H groups in total. The van der Waals surface area contributed by atoms with E-state index in [9.17, 15) is 0 Å². The minimum Gasteiger partial charge on any atom is -0.680 e. The Balaban J connectivity index is -0.0000000275. The van der Waals surface area contributed by atoms with Crippen LogP contribution in [0.3, 0.4) is 0 Å². The summed E-state index contributed by atoms with van der Waals surface area (Å²) in [5.41, 5.74) is 5.75. The fourth-order valence-electron chi connectivity index (χ4n) is 0. The molecule has 0 saturated heterocycles. The number of hydrogen-bond donors (Lipinski definition) is 0. The maximum Gasteiger partial charge on any atom is 2.00 e. The summed E-state index contributed by atoms with van der Waals surface area (Å²) in [6.07, 6.45) is 0. The Morgan fingerprint density at radius 2 is 1.17 bits per heavy atom. The molecule has 0 spiro atoms. The normalized spacial score (nSPS) is 4.00. The molecule has 0 aliphatic rings. The van der Waals surface area contributed by atoms with Crippen LogP contribution < -0.4 is 0 Å². The fourth-order valence-corrected chi connectivity index (χ4v) is 0. The second-order valence-electron chi connectivity index (χ2n) is 0.447. The molecule has 0 fully saturated rings. The van der Waals surface area contributed by atoms with E-state index in [-0.39, 0.29) is 21.1 Å². The molecule has 0 heterocycles. The first-order valence-corrected chi connectivity index (χ1v) is 1.39. The summed E-state index contributed by atoms with van der Waals surface area (Å²) < 4.78 is 0. The van der Waals surface area contributed by atoms with Crippen LogP contribution in [0.25, 0.3) is 11.1 Å². The Hall–Kier alpha value is 0.608. The van der Waals surface area contributed by atoms with Gasteiger partial charge in [0.25, 0.3) is 0 Å². The van der Waals surface area contributed by atoms with E-state index in [4.69, 9.17) is 5.73 Å². The van der Waals surface area contributed by atoms with E-state index in [1.807, 2.05) is 0 Å². The van der Waals surface area contributed by atoms with E-state index in [2.05, 4.69) is 5.32 Å². The van der Waals surface area contributed by atoms with E-state index in [1.54, 1.807) is 14.1 Å². The fraction of sp³-hybridized carbons (Fsp3) is 1.00. The molecular formula is C3H10N2Pt. The standard InChI is InChI=1S/C2H6N.CH4N.Pt/c1-3-2;1-2;/h1-2H3;2H,1H3;/q2*-1;+2. The van der Waals surface area contributed by atoms with E-state index >= 15 is 0 Å². The van der Waals surface area contributed by atoms with Crippen LogP contribution in [0.5, 0.6) is 0 Å².